The number of carbonyl (C=O) groups is 1. The Kier molecular flexibility index (Phi) is 34.8. The Labute approximate surface area is 444 Å². The van der Waals surface area contributed by atoms with Crippen LogP contribution < -0.4 is 5.32 Å². The average molecular weight is 1070 g/mol. The van der Waals surface area contributed by atoms with Crippen LogP contribution in [0.15, 0.2) is 85.1 Å². The van der Waals surface area contributed by atoms with Gasteiger partial charge < -0.3 is 89.9 Å². The van der Waals surface area contributed by atoms with Crippen molar-refractivity contribution in [1.82, 2.24) is 5.32 Å². The third-order valence-corrected chi connectivity index (χ3v) is 13.2. The quantitative estimate of drug-likeness (QED) is 0.0314. The smallest absolute Gasteiger partial charge is 0.220 e. The van der Waals surface area contributed by atoms with Crippen molar-refractivity contribution in [1.29, 1.82) is 0 Å². The molecule has 19 nitrogen and oxygen atoms in total. The van der Waals surface area contributed by atoms with Crippen LogP contribution >= 0.6 is 0 Å². The van der Waals surface area contributed by atoms with Crippen molar-refractivity contribution < 1.29 is 89.4 Å². The molecule has 3 rings (SSSR count). The first kappa shape index (κ1) is 66.3. The summed E-state index contributed by atoms with van der Waals surface area (Å²) in [5.74, 6) is -0.288. The molecule has 430 valence electrons. The molecular formula is C56H93NO18. The van der Waals surface area contributed by atoms with E-state index >= 15 is 0 Å². The molecule has 1 amide bonds. The molecule has 3 aliphatic heterocycles. The van der Waals surface area contributed by atoms with Gasteiger partial charge in [-0.2, -0.15) is 0 Å². The van der Waals surface area contributed by atoms with Crippen LogP contribution in [-0.2, 0) is 33.2 Å². The maximum atomic E-state index is 13.2. The van der Waals surface area contributed by atoms with Crippen LogP contribution in [0.5, 0.6) is 0 Å². The summed E-state index contributed by atoms with van der Waals surface area (Å²) in [7, 11) is 0. The first-order chi connectivity index (χ1) is 36.3. The number of allylic oxidation sites excluding steroid dienone is 14. The third-order valence-electron chi connectivity index (χ3n) is 13.2. The van der Waals surface area contributed by atoms with E-state index in [1.165, 1.54) is 0 Å². The van der Waals surface area contributed by atoms with E-state index in [-0.39, 0.29) is 18.9 Å². The Bertz CT molecular complexity index is 1700. The van der Waals surface area contributed by atoms with Crippen molar-refractivity contribution in [2.75, 3.05) is 26.4 Å². The Hall–Kier alpha value is -3.03. The molecule has 3 fully saturated rings. The number of unbranched alkanes of at least 4 members (excludes halogenated alkanes) is 7. The van der Waals surface area contributed by atoms with Crippen LogP contribution in [-0.4, -0.2) is 193 Å². The fourth-order valence-corrected chi connectivity index (χ4v) is 8.70. The molecule has 17 unspecified atom stereocenters. The van der Waals surface area contributed by atoms with Crippen molar-refractivity contribution in [2.45, 2.75) is 234 Å². The van der Waals surface area contributed by atoms with Crippen molar-refractivity contribution in [3.05, 3.63) is 85.1 Å². The Balaban J connectivity index is 1.43. The predicted molar refractivity (Wildman–Crippen MR) is 281 cm³/mol. The molecule has 75 heavy (non-hydrogen) atoms. The van der Waals surface area contributed by atoms with Crippen LogP contribution in [0, 0.1) is 0 Å². The third kappa shape index (κ3) is 24.3. The zero-order chi connectivity index (χ0) is 54.8. The van der Waals surface area contributed by atoms with Gasteiger partial charge in [-0.1, -0.05) is 137 Å². The number of ether oxygens (including phenoxy) is 6. The molecule has 19 heteroatoms. The Morgan fingerprint density at radius 3 is 1.41 bits per heavy atom. The van der Waals surface area contributed by atoms with Gasteiger partial charge in [-0.15, -0.1) is 0 Å². The first-order valence-corrected chi connectivity index (χ1v) is 27.3. The van der Waals surface area contributed by atoms with Crippen LogP contribution in [0.1, 0.15) is 129 Å². The summed E-state index contributed by atoms with van der Waals surface area (Å²) in [6.45, 7) is 1.49. The summed E-state index contributed by atoms with van der Waals surface area (Å²) in [6.07, 6.45) is 19.0. The van der Waals surface area contributed by atoms with Crippen LogP contribution in [0.25, 0.3) is 0 Å². The summed E-state index contributed by atoms with van der Waals surface area (Å²) < 4.78 is 34.0. The highest BCUT2D eigenvalue weighted by molar-refractivity contribution is 5.76. The number of hydrogen-bond donors (Lipinski definition) is 12. The van der Waals surface area contributed by atoms with Gasteiger partial charge in [0.05, 0.1) is 38.6 Å². The average Bonchev–Trinajstić information content (AvgIpc) is 3.41. The van der Waals surface area contributed by atoms with Gasteiger partial charge in [0.15, 0.2) is 18.9 Å². The highest BCUT2D eigenvalue weighted by Gasteiger charge is 2.53. The molecule has 0 spiro atoms. The van der Waals surface area contributed by atoms with E-state index in [0.717, 1.165) is 89.9 Å². The van der Waals surface area contributed by atoms with Gasteiger partial charge in [-0.3, -0.25) is 4.79 Å². The lowest BCUT2D eigenvalue weighted by Gasteiger charge is -2.48. The summed E-state index contributed by atoms with van der Waals surface area (Å²) in [5, 5.41) is 119. The van der Waals surface area contributed by atoms with Crippen LogP contribution in [0.2, 0.25) is 0 Å². The van der Waals surface area contributed by atoms with E-state index < -0.39 is 124 Å². The maximum Gasteiger partial charge on any atom is 0.220 e. The zero-order valence-corrected chi connectivity index (χ0v) is 44.2. The second-order valence-electron chi connectivity index (χ2n) is 19.3. The maximum absolute atomic E-state index is 13.2. The summed E-state index contributed by atoms with van der Waals surface area (Å²) in [6, 6.07) is -0.907. The summed E-state index contributed by atoms with van der Waals surface area (Å²) in [5.41, 5.74) is 0. The van der Waals surface area contributed by atoms with Gasteiger partial charge in [0.1, 0.15) is 73.2 Å². The van der Waals surface area contributed by atoms with Gasteiger partial charge in [0.25, 0.3) is 0 Å². The minimum atomic E-state index is -1.98. The van der Waals surface area contributed by atoms with E-state index in [2.05, 4.69) is 104 Å². The van der Waals surface area contributed by atoms with E-state index in [1.54, 1.807) is 0 Å². The fraction of sp³-hybridized carbons (Fsp3) is 0.732. The molecule has 0 saturated carbocycles. The number of nitrogens with one attached hydrogen (secondary N) is 1. The molecule has 3 saturated heterocycles. The molecule has 3 aliphatic rings. The van der Waals surface area contributed by atoms with E-state index in [0.29, 0.717) is 19.3 Å². The molecule has 0 aliphatic carbocycles. The fourth-order valence-electron chi connectivity index (χ4n) is 8.70. The molecule has 0 aromatic carbocycles. The summed E-state index contributed by atoms with van der Waals surface area (Å²) in [4.78, 5) is 13.2. The molecule has 0 bridgehead atoms. The molecule has 0 aromatic rings. The number of hydrogen-bond acceptors (Lipinski definition) is 18. The second kappa shape index (κ2) is 39.3. The molecule has 12 N–H and O–H groups in total. The number of rotatable bonds is 37. The van der Waals surface area contributed by atoms with Crippen molar-refractivity contribution in [3.63, 3.8) is 0 Å². The number of amides is 1. The second-order valence-corrected chi connectivity index (χ2v) is 19.3. The molecule has 0 aromatic heterocycles. The highest BCUT2D eigenvalue weighted by atomic mass is 16.8. The molecular weight excluding hydrogens is 975 g/mol. The lowest BCUT2D eigenvalue weighted by molar-refractivity contribution is -0.379. The first-order valence-electron chi connectivity index (χ1n) is 27.3. The van der Waals surface area contributed by atoms with Gasteiger partial charge >= 0.3 is 0 Å². The Morgan fingerprint density at radius 2 is 0.920 bits per heavy atom. The van der Waals surface area contributed by atoms with E-state index in [4.69, 9.17) is 28.4 Å². The normalized spacial score (nSPS) is 31.9. The van der Waals surface area contributed by atoms with Crippen LogP contribution in [0.4, 0.5) is 0 Å². The van der Waals surface area contributed by atoms with Gasteiger partial charge in [-0.05, 0) is 70.6 Å². The van der Waals surface area contributed by atoms with Crippen molar-refractivity contribution >= 4 is 5.91 Å². The topological polar surface area (TPSA) is 307 Å². The number of aliphatic hydroxyl groups is 11. The van der Waals surface area contributed by atoms with Crippen LogP contribution in [0.3, 0.4) is 0 Å². The zero-order valence-electron chi connectivity index (χ0n) is 44.2. The molecule has 0 radical (unpaired) electrons. The number of carbonyl (C=O) groups excluding carboxylic acids is 1. The van der Waals surface area contributed by atoms with Gasteiger partial charge in [-0.25, -0.2) is 0 Å². The molecule has 17 atom stereocenters. The minimum Gasteiger partial charge on any atom is -0.394 e. The summed E-state index contributed by atoms with van der Waals surface area (Å²) >= 11 is 0. The standard InChI is InChI=1S/C56H93NO18/c1-3-5-7-9-10-11-12-13-14-15-16-17-18-19-20-21-22-23-24-25-26-27-28-30-32-34-44(62)57-39(40(61)33-31-29-8-6-4-2)38-70-54-50(68)47(65)52(42(36-59)72-54)75-56-51(69)48(66)53(43(37-60)73-56)74-55-49(67)46(64)45(63)41(35-58)71-55/h5,7,10-11,13-14,16-17,19-20,22-23,25-26,39-43,45-56,58-61,63-69H,3-4,6,8-9,12,15,18,21,24,27-38H2,1-2H3,(H,57,62)/b7-5-,11-10-,14-13-,17-16-,20-19-,23-22-,26-25-. The minimum absolute atomic E-state index is 0.219. The van der Waals surface area contributed by atoms with E-state index in [9.17, 15) is 61.0 Å². The predicted octanol–water partition coefficient (Wildman–Crippen LogP) is 3.25. The monoisotopic (exact) mass is 1070 g/mol. The van der Waals surface area contributed by atoms with Crippen molar-refractivity contribution in [3.8, 4) is 0 Å². The lowest BCUT2D eigenvalue weighted by atomic mass is 9.96. The highest BCUT2D eigenvalue weighted by Crippen LogP contribution is 2.33. The SMILES string of the molecule is CC/C=C\C/C=C\C/C=C\C/C=C\C/C=C\C/C=C\C/C=C\CCCCCC(=O)NC(COC1OC(CO)C(OC2OC(CO)C(OC3OC(CO)C(O)C(O)C3O)C(O)C2O)C(O)C1O)C(O)CCCCCCC. The van der Waals surface area contributed by atoms with Crippen molar-refractivity contribution in [2.24, 2.45) is 0 Å². The Morgan fingerprint density at radius 1 is 0.493 bits per heavy atom. The lowest BCUT2D eigenvalue weighted by Crippen LogP contribution is -2.66. The van der Waals surface area contributed by atoms with Gasteiger partial charge in [0, 0.05) is 6.42 Å². The van der Waals surface area contributed by atoms with Gasteiger partial charge in [0.2, 0.25) is 5.91 Å². The van der Waals surface area contributed by atoms with E-state index in [1.807, 2.05) is 0 Å². The molecule has 3 heterocycles. The largest absolute Gasteiger partial charge is 0.394 e. The number of aliphatic hydroxyl groups excluding tert-OH is 11.